The average molecular weight is 453 g/mol. The van der Waals surface area contributed by atoms with E-state index in [1.54, 1.807) is 7.11 Å². The standard InChI is InChI=1S/C26H32N2O3S/c1-4-15-28(16-5-2)17-18-31-23-19-21(11-12-22(23)30-3)27-26(29)25-14-13-24(32-25)20-9-7-6-8-10-20/h6-14,19H,4-5,15-18H2,1-3H3,(H,27,29). The lowest BCUT2D eigenvalue weighted by Crippen LogP contribution is -2.30. The lowest BCUT2D eigenvalue weighted by Gasteiger charge is -2.21. The van der Waals surface area contributed by atoms with Crippen molar-refractivity contribution < 1.29 is 14.3 Å². The van der Waals surface area contributed by atoms with Crippen LogP contribution in [0.3, 0.4) is 0 Å². The molecule has 0 bridgehead atoms. The number of thiophene rings is 1. The fraction of sp³-hybridized carbons (Fsp3) is 0.346. The first kappa shape index (κ1) is 23.8. The van der Waals surface area contributed by atoms with E-state index in [0.717, 1.165) is 42.9 Å². The van der Waals surface area contributed by atoms with Gasteiger partial charge in [0.2, 0.25) is 0 Å². The summed E-state index contributed by atoms with van der Waals surface area (Å²) in [7, 11) is 1.62. The largest absolute Gasteiger partial charge is 0.493 e. The van der Waals surface area contributed by atoms with Crippen molar-refractivity contribution in [2.24, 2.45) is 0 Å². The second-order valence-corrected chi connectivity index (χ2v) is 8.62. The fourth-order valence-electron chi connectivity index (χ4n) is 3.53. The predicted octanol–water partition coefficient (Wildman–Crippen LogP) is 6.18. The third-order valence-corrected chi connectivity index (χ3v) is 6.19. The van der Waals surface area contributed by atoms with Gasteiger partial charge in [0.25, 0.3) is 5.91 Å². The second-order valence-electron chi connectivity index (χ2n) is 7.54. The van der Waals surface area contributed by atoms with Crippen LogP contribution < -0.4 is 14.8 Å². The summed E-state index contributed by atoms with van der Waals surface area (Å²) >= 11 is 1.48. The molecular weight excluding hydrogens is 420 g/mol. The van der Waals surface area contributed by atoms with E-state index in [1.165, 1.54) is 11.3 Å². The van der Waals surface area contributed by atoms with E-state index in [9.17, 15) is 4.79 Å². The Morgan fingerprint density at radius 1 is 0.938 bits per heavy atom. The van der Waals surface area contributed by atoms with Crippen LogP contribution in [0.5, 0.6) is 11.5 Å². The summed E-state index contributed by atoms with van der Waals surface area (Å²) in [5.74, 6) is 1.16. The molecule has 1 aromatic heterocycles. The number of hydrogen-bond acceptors (Lipinski definition) is 5. The van der Waals surface area contributed by atoms with Crippen LogP contribution in [-0.2, 0) is 0 Å². The van der Waals surface area contributed by atoms with Gasteiger partial charge < -0.3 is 14.8 Å². The minimum atomic E-state index is -0.134. The van der Waals surface area contributed by atoms with Crippen molar-refractivity contribution in [1.29, 1.82) is 0 Å². The zero-order valence-electron chi connectivity index (χ0n) is 19.1. The number of hydrogen-bond donors (Lipinski definition) is 1. The highest BCUT2D eigenvalue weighted by Crippen LogP contribution is 2.32. The fourth-order valence-corrected chi connectivity index (χ4v) is 4.44. The van der Waals surface area contributed by atoms with Crippen molar-refractivity contribution in [3.63, 3.8) is 0 Å². The number of carbonyl (C=O) groups excluding carboxylic acids is 1. The van der Waals surface area contributed by atoms with Gasteiger partial charge in [0.15, 0.2) is 11.5 Å². The molecule has 0 aliphatic rings. The maximum Gasteiger partial charge on any atom is 0.265 e. The normalized spacial score (nSPS) is 10.9. The SMILES string of the molecule is CCCN(CCC)CCOc1cc(NC(=O)c2ccc(-c3ccccc3)s2)ccc1OC. The summed E-state index contributed by atoms with van der Waals surface area (Å²) in [6.07, 6.45) is 2.25. The summed E-state index contributed by atoms with van der Waals surface area (Å²) < 4.78 is 11.5. The number of amides is 1. The molecule has 170 valence electrons. The van der Waals surface area contributed by atoms with Crippen LogP contribution in [0.4, 0.5) is 5.69 Å². The molecule has 0 aliphatic heterocycles. The molecule has 0 spiro atoms. The Balaban J connectivity index is 1.64. The maximum atomic E-state index is 12.8. The van der Waals surface area contributed by atoms with E-state index >= 15 is 0 Å². The second kappa shape index (κ2) is 12.3. The lowest BCUT2D eigenvalue weighted by atomic mass is 10.2. The molecule has 0 fully saturated rings. The molecule has 1 N–H and O–H groups in total. The number of nitrogens with one attached hydrogen (secondary N) is 1. The molecule has 0 unspecified atom stereocenters. The maximum absolute atomic E-state index is 12.8. The van der Waals surface area contributed by atoms with E-state index in [1.807, 2.05) is 60.7 Å². The van der Waals surface area contributed by atoms with Crippen LogP contribution in [0.25, 0.3) is 10.4 Å². The summed E-state index contributed by atoms with van der Waals surface area (Å²) in [6.45, 7) is 7.94. The lowest BCUT2D eigenvalue weighted by molar-refractivity contribution is 0.103. The van der Waals surface area contributed by atoms with Crippen LogP contribution >= 0.6 is 11.3 Å². The zero-order chi connectivity index (χ0) is 22.8. The third kappa shape index (κ3) is 6.58. The van der Waals surface area contributed by atoms with Gasteiger partial charge in [-0.05, 0) is 55.8 Å². The van der Waals surface area contributed by atoms with Gasteiger partial charge in [0, 0.05) is 23.2 Å². The number of ether oxygens (including phenoxy) is 2. The number of nitrogens with zero attached hydrogens (tertiary/aromatic N) is 1. The zero-order valence-corrected chi connectivity index (χ0v) is 19.9. The van der Waals surface area contributed by atoms with Crippen molar-refractivity contribution in [1.82, 2.24) is 4.90 Å². The highest BCUT2D eigenvalue weighted by atomic mass is 32.1. The van der Waals surface area contributed by atoms with Gasteiger partial charge in [0.1, 0.15) is 6.61 Å². The number of benzene rings is 2. The van der Waals surface area contributed by atoms with Gasteiger partial charge in [-0.1, -0.05) is 44.2 Å². The first-order chi connectivity index (χ1) is 15.6. The number of carbonyl (C=O) groups is 1. The Hall–Kier alpha value is -2.83. The molecule has 6 heteroatoms. The van der Waals surface area contributed by atoms with Crippen molar-refractivity contribution in [2.45, 2.75) is 26.7 Å². The molecule has 32 heavy (non-hydrogen) atoms. The van der Waals surface area contributed by atoms with E-state index < -0.39 is 0 Å². The predicted molar refractivity (Wildman–Crippen MR) is 133 cm³/mol. The van der Waals surface area contributed by atoms with Crippen LogP contribution in [0.2, 0.25) is 0 Å². The third-order valence-electron chi connectivity index (χ3n) is 5.05. The molecular formula is C26H32N2O3S. The van der Waals surface area contributed by atoms with Crippen molar-refractivity contribution >= 4 is 22.9 Å². The van der Waals surface area contributed by atoms with Crippen molar-refractivity contribution in [3.8, 4) is 21.9 Å². The topological polar surface area (TPSA) is 50.8 Å². The monoisotopic (exact) mass is 452 g/mol. The first-order valence-corrected chi connectivity index (χ1v) is 12.0. The van der Waals surface area contributed by atoms with Gasteiger partial charge >= 0.3 is 0 Å². The van der Waals surface area contributed by atoms with E-state index in [0.29, 0.717) is 28.7 Å². The van der Waals surface area contributed by atoms with Gasteiger partial charge in [-0.3, -0.25) is 9.69 Å². The van der Waals surface area contributed by atoms with Gasteiger partial charge in [0.05, 0.1) is 12.0 Å². The molecule has 1 amide bonds. The smallest absolute Gasteiger partial charge is 0.265 e. The summed E-state index contributed by atoms with van der Waals surface area (Å²) in [5, 5.41) is 2.98. The molecule has 0 saturated heterocycles. The van der Waals surface area contributed by atoms with Gasteiger partial charge in [-0.15, -0.1) is 11.3 Å². The molecule has 3 aromatic rings. The van der Waals surface area contributed by atoms with Crippen LogP contribution in [0.1, 0.15) is 36.4 Å². The molecule has 0 atom stereocenters. The summed E-state index contributed by atoms with van der Waals surface area (Å²) in [5.41, 5.74) is 1.79. The summed E-state index contributed by atoms with van der Waals surface area (Å²) in [6, 6.07) is 19.4. The Morgan fingerprint density at radius 2 is 1.69 bits per heavy atom. The Labute approximate surface area is 195 Å². The van der Waals surface area contributed by atoms with Crippen molar-refractivity contribution in [3.05, 3.63) is 65.5 Å². The Bertz CT molecular complexity index is 982. The molecule has 3 rings (SSSR count). The van der Waals surface area contributed by atoms with E-state index in [4.69, 9.17) is 9.47 Å². The molecule has 5 nitrogen and oxygen atoms in total. The van der Waals surface area contributed by atoms with E-state index in [-0.39, 0.29) is 5.91 Å². The van der Waals surface area contributed by atoms with Crippen LogP contribution in [0, 0.1) is 0 Å². The van der Waals surface area contributed by atoms with Crippen molar-refractivity contribution in [2.75, 3.05) is 38.7 Å². The van der Waals surface area contributed by atoms with E-state index in [2.05, 4.69) is 24.1 Å². The molecule has 0 aliphatic carbocycles. The Kier molecular flexibility index (Phi) is 9.13. The number of anilines is 1. The minimum absolute atomic E-state index is 0.134. The first-order valence-electron chi connectivity index (χ1n) is 11.1. The molecule has 1 heterocycles. The molecule has 0 saturated carbocycles. The highest BCUT2D eigenvalue weighted by Gasteiger charge is 2.13. The van der Waals surface area contributed by atoms with Crippen LogP contribution in [-0.4, -0.2) is 44.2 Å². The van der Waals surface area contributed by atoms with Gasteiger partial charge in [-0.25, -0.2) is 0 Å². The van der Waals surface area contributed by atoms with Crippen LogP contribution in [0.15, 0.2) is 60.7 Å². The molecule has 2 aromatic carbocycles. The quantitative estimate of drug-likeness (QED) is 0.357. The molecule has 0 radical (unpaired) electrons. The number of rotatable bonds is 12. The minimum Gasteiger partial charge on any atom is -0.493 e. The Morgan fingerprint density at radius 3 is 2.38 bits per heavy atom. The average Bonchev–Trinajstić information content (AvgIpc) is 3.31. The highest BCUT2D eigenvalue weighted by molar-refractivity contribution is 7.17. The number of methoxy groups -OCH3 is 1. The summed E-state index contributed by atoms with van der Waals surface area (Å²) in [4.78, 5) is 16.9. The van der Waals surface area contributed by atoms with Gasteiger partial charge in [-0.2, -0.15) is 0 Å².